The maximum Gasteiger partial charge on any atom is 0.228 e. The lowest BCUT2D eigenvalue weighted by Crippen LogP contribution is -2.50. The van der Waals surface area contributed by atoms with Gasteiger partial charge in [0.25, 0.3) is 0 Å². The first-order chi connectivity index (χ1) is 9.70. The van der Waals surface area contributed by atoms with E-state index >= 15 is 0 Å². The van der Waals surface area contributed by atoms with Crippen LogP contribution in [0.25, 0.3) is 0 Å². The van der Waals surface area contributed by atoms with Gasteiger partial charge in [0.15, 0.2) is 0 Å². The van der Waals surface area contributed by atoms with Gasteiger partial charge in [-0.3, -0.25) is 4.79 Å². The van der Waals surface area contributed by atoms with Crippen molar-refractivity contribution in [2.75, 3.05) is 39.9 Å². The summed E-state index contributed by atoms with van der Waals surface area (Å²) in [6.07, 6.45) is 4.13. The summed E-state index contributed by atoms with van der Waals surface area (Å²) in [7, 11) is 1.64. The summed E-state index contributed by atoms with van der Waals surface area (Å²) in [4.78, 5) is 14.8. The van der Waals surface area contributed by atoms with Crippen LogP contribution in [0.1, 0.15) is 39.0 Å². The second-order valence-corrected chi connectivity index (χ2v) is 5.47. The molecule has 0 spiro atoms. The van der Waals surface area contributed by atoms with Crippen molar-refractivity contribution < 1.29 is 9.53 Å². The Bertz CT molecular complexity index is 327. The van der Waals surface area contributed by atoms with Crippen LogP contribution in [0.4, 0.5) is 0 Å². The van der Waals surface area contributed by atoms with Crippen molar-refractivity contribution in [2.45, 2.75) is 39.0 Å². The topological polar surface area (TPSA) is 65.4 Å². The molecule has 114 valence electrons. The van der Waals surface area contributed by atoms with E-state index in [-0.39, 0.29) is 11.3 Å². The van der Waals surface area contributed by atoms with Gasteiger partial charge in [0.2, 0.25) is 5.91 Å². The van der Waals surface area contributed by atoms with Crippen molar-refractivity contribution in [2.24, 2.45) is 5.41 Å². The highest BCUT2D eigenvalue weighted by molar-refractivity contribution is 5.83. The molecule has 1 aliphatic rings. The molecule has 0 unspecified atom stereocenters. The zero-order valence-corrected chi connectivity index (χ0v) is 12.8. The molecule has 1 heterocycles. The molecule has 0 saturated carbocycles. The van der Waals surface area contributed by atoms with Crippen molar-refractivity contribution in [3.05, 3.63) is 0 Å². The van der Waals surface area contributed by atoms with E-state index in [1.54, 1.807) is 7.11 Å². The molecule has 1 fully saturated rings. The first-order valence-corrected chi connectivity index (χ1v) is 7.56. The highest BCUT2D eigenvalue weighted by atomic mass is 16.5. The van der Waals surface area contributed by atoms with E-state index < -0.39 is 0 Å². The Labute approximate surface area is 122 Å². The third kappa shape index (κ3) is 4.46. The summed E-state index contributed by atoms with van der Waals surface area (Å²) in [5.74, 6) is 0.216. The Morgan fingerprint density at radius 3 is 2.65 bits per heavy atom. The van der Waals surface area contributed by atoms with Gasteiger partial charge in [-0.1, -0.05) is 13.3 Å². The van der Waals surface area contributed by atoms with Crippen LogP contribution in [0.15, 0.2) is 0 Å². The summed E-state index contributed by atoms with van der Waals surface area (Å²) in [6, 6.07) is 2.13. The van der Waals surface area contributed by atoms with Crippen molar-refractivity contribution >= 4 is 5.91 Å². The zero-order valence-electron chi connectivity index (χ0n) is 12.8. The molecule has 1 amide bonds. The van der Waals surface area contributed by atoms with Crippen LogP contribution in [0, 0.1) is 16.7 Å². The van der Waals surface area contributed by atoms with Gasteiger partial charge in [-0.25, -0.2) is 0 Å². The highest BCUT2D eigenvalue weighted by Crippen LogP contribution is 2.36. The van der Waals surface area contributed by atoms with E-state index in [0.717, 1.165) is 38.8 Å². The number of carbonyl (C=O) groups is 1. The molecule has 0 aromatic heterocycles. The van der Waals surface area contributed by atoms with E-state index in [1.807, 2.05) is 4.90 Å². The Morgan fingerprint density at radius 1 is 1.40 bits per heavy atom. The van der Waals surface area contributed by atoms with E-state index in [1.165, 1.54) is 0 Å². The molecule has 0 aromatic carbocycles. The number of ether oxygens (including phenoxy) is 1. The molecule has 5 heteroatoms. The Morgan fingerprint density at radius 2 is 2.10 bits per heavy atom. The summed E-state index contributed by atoms with van der Waals surface area (Å²) < 4.78 is 5.09. The lowest BCUT2D eigenvalue weighted by molar-refractivity contribution is -0.145. The smallest absolute Gasteiger partial charge is 0.228 e. The molecule has 1 rings (SSSR count). The van der Waals surface area contributed by atoms with E-state index in [0.29, 0.717) is 26.1 Å². The molecule has 0 aliphatic carbocycles. The van der Waals surface area contributed by atoms with Gasteiger partial charge in [0, 0.05) is 20.2 Å². The van der Waals surface area contributed by atoms with Crippen LogP contribution in [0.5, 0.6) is 0 Å². The SMILES string of the molecule is CCCC1(C(=O)N(CCC#N)CCOC)CCNCC1. The lowest BCUT2D eigenvalue weighted by Gasteiger charge is -2.40. The number of hydrogen-bond donors (Lipinski definition) is 1. The third-order valence-corrected chi connectivity index (χ3v) is 4.09. The minimum absolute atomic E-state index is 0.216. The third-order valence-electron chi connectivity index (χ3n) is 4.09. The minimum atomic E-state index is -0.233. The van der Waals surface area contributed by atoms with Gasteiger partial charge in [-0.15, -0.1) is 0 Å². The summed E-state index contributed by atoms with van der Waals surface area (Å²) in [5, 5.41) is 12.1. The predicted octanol–water partition coefficient (Wildman–Crippen LogP) is 1.54. The lowest BCUT2D eigenvalue weighted by atomic mass is 9.74. The second-order valence-electron chi connectivity index (χ2n) is 5.47. The Kier molecular flexibility index (Phi) is 7.56. The largest absolute Gasteiger partial charge is 0.383 e. The normalized spacial score (nSPS) is 17.4. The average molecular weight is 281 g/mol. The van der Waals surface area contributed by atoms with E-state index in [2.05, 4.69) is 18.3 Å². The minimum Gasteiger partial charge on any atom is -0.383 e. The number of nitriles is 1. The van der Waals surface area contributed by atoms with Gasteiger partial charge in [-0.2, -0.15) is 5.26 Å². The van der Waals surface area contributed by atoms with Crippen LogP contribution < -0.4 is 5.32 Å². The molecule has 0 radical (unpaired) electrons. The fourth-order valence-corrected chi connectivity index (χ4v) is 2.99. The first kappa shape index (κ1) is 16.9. The Balaban J connectivity index is 2.78. The monoisotopic (exact) mass is 281 g/mol. The predicted molar refractivity (Wildman–Crippen MR) is 78.1 cm³/mol. The van der Waals surface area contributed by atoms with Crippen molar-refractivity contribution in [3.8, 4) is 6.07 Å². The number of rotatable bonds is 8. The van der Waals surface area contributed by atoms with Gasteiger partial charge in [0.05, 0.1) is 24.5 Å². The molecule has 1 aliphatic heterocycles. The van der Waals surface area contributed by atoms with Crippen LogP contribution >= 0.6 is 0 Å². The Hall–Kier alpha value is -1.12. The number of methoxy groups -OCH3 is 1. The quantitative estimate of drug-likeness (QED) is 0.733. The fraction of sp³-hybridized carbons (Fsp3) is 0.867. The van der Waals surface area contributed by atoms with Crippen LogP contribution in [-0.4, -0.2) is 50.7 Å². The van der Waals surface area contributed by atoms with Gasteiger partial charge in [0.1, 0.15) is 0 Å². The van der Waals surface area contributed by atoms with E-state index in [4.69, 9.17) is 10.00 Å². The molecule has 5 nitrogen and oxygen atoms in total. The fourth-order valence-electron chi connectivity index (χ4n) is 2.99. The second kappa shape index (κ2) is 8.93. The summed E-state index contributed by atoms with van der Waals surface area (Å²) >= 11 is 0. The zero-order chi connectivity index (χ0) is 14.8. The first-order valence-electron chi connectivity index (χ1n) is 7.56. The maximum atomic E-state index is 13.0. The van der Waals surface area contributed by atoms with Crippen LogP contribution in [0.3, 0.4) is 0 Å². The maximum absolute atomic E-state index is 13.0. The number of hydrogen-bond acceptors (Lipinski definition) is 4. The molecular weight excluding hydrogens is 254 g/mol. The number of nitrogens with one attached hydrogen (secondary N) is 1. The standard InChI is InChI=1S/C15H27N3O2/c1-3-5-15(6-9-17-10-7-15)14(19)18(11-4-8-16)12-13-20-2/h17H,3-7,9-13H2,1-2H3. The van der Waals surface area contributed by atoms with Crippen LogP contribution in [-0.2, 0) is 9.53 Å². The molecule has 0 bridgehead atoms. The number of carbonyl (C=O) groups excluding carboxylic acids is 1. The molecule has 1 saturated heterocycles. The summed E-state index contributed by atoms with van der Waals surface area (Å²) in [5.41, 5.74) is -0.233. The average Bonchev–Trinajstić information content (AvgIpc) is 2.48. The molecular formula is C15H27N3O2. The van der Waals surface area contributed by atoms with Crippen molar-refractivity contribution in [1.82, 2.24) is 10.2 Å². The molecule has 0 atom stereocenters. The van der Waals surface area contributed by atoms with Gasteiger partial charge in [-0.05, 0) is 32.4 Å². The molecule has 20 heavy (non-hydrogen) atoms. The molecule has 0 aromatic rings. The van der Waals surface area contributed by atoms with Crippen molar-refractivity contribution in [3.63, 3.8) is 0 Å². The van der Waals surface area contributed by atoms with Gasteiger partial charge >= 0.3 is 0 Å². The van der Waals surface area contributed by atoms with E-state index in [9.17, 15) is 4.79 Å². The van der Waals surface area contributed by atoms with Crippen molar-refractivity contribution in [1.29, 1.82) is 5.26 Å². The summed E-state index contributed by atoms with van der Waals surface area (Å²) in [6.45, 7) is 5.56. The van der Waals surface area contributed by atoms with Crippen LogP contribution in [0.2, 0.25) is 0 Å². The highest BCUT2D eigenvalue weighted by Gasteiger charge is 2.40. The molecule has 1 N–H and O–H groups in total. The van der Waals surface area contributed by atoms with Gasteiger partial charge < -0.3 is 15.0 Å². The number of nitrogens with zero attached hydrogens (tertiary/aromatic N) is 2. The number of amides is 1. The number of piperidine rings is 1.